The van der Waals surface area contributed by atoms with Crippen LogP contribution in [-0.4, -0.2) is 102 Å². The number of likely N-dealkylation sites (tertiary alicyclic amines) is 2. The fourth-order valence-corrected chi connectivity index (χ4v) is 6.74. The minimum atomic E-state index is -0.706. The molecule has 4 atom stereocenters. The van der Waals surface area contributed by atoms with Gasteiger partial charge < -0.3 is 40.2 Å². The molecular weight excluding hydrogens is 666 g/mol. The molecule has 278 valence electrons. The zero-order valence-corrected chi connectivity index (χ0v) is 30.6. The number of amides is 5. The lowest BCUT2D eigenvalue weighted by molar-refractivity contribution is -0.135. The summed E-state index contributed by atoms with van der Waals surface area (Å²) in [4.78, 5) is 74.9. The first-order chi connectivity index (χ1) is 24.9. The number of alkyl carbamates (subject to hydrolysis) is 2. The van der Waals surface area contributed by atoms with Crippen LogP contribution in [0.3, 0.4) is 0 Å². The maximum Gasteiger partial charge on any atom is 0.407 e. The Bertz CT molecular complexity index is 1740. The number of benzene rings is 2. The highest BCUT2D eigenvalue weighted by molar-refractivity contribution is 5.95. The van der Waals surface area contributed by atoms with E-state index >= 15 is 0 Å². The third-order valence-corrected chi connectivity index (χ3v) is 9.73. The molecule has 0 saturated carbocycles. The van der Waals surface area contributed by atoms with Gasteiger partial charge >= 0.3 is 12.2 Å². The molecule has 2 aliphatic heterocycles. The number of ether oxygens (including phenoxy) is 2. The molecule has 0 spiro atoms. The first-order valence-corrected chi connectivity index (χ1v) is 17.7. The minimum absolute atomic E-state index is 0.114. The lowest BCUT2D eigenvalue weighted by atomic mass is 10.0. The third kappa shape index (κ3) is 8.72. The van der Waals surface area contributed by atoms with Gasteiger partial charge in [0, 0.05) is 43.0 Å². The van der Waals surface area contributed by atoms with Gasteiger partial charge in [-0.15, -0.1) is 0 Å². The van der Waals surface area contributed by atoms with E-state index < -0.39 is 24.3 Å². The Kier molecular flexibility index (Phi) is 12.2. The molecule has 1 aromatic heterocycles. The molecule has 0 radical (unpaired) electrons. The SMILES string of the molecule is COC(=O)N[C@H](C(=O)N1CC[C@H](NC(=O)c2ccc(-c3ccc(-c4c[nH]c([C@@H]5CCCN5C(=O)[C@@H](NC(=O)OC)C(C)C)n4)cc3)cc2)C1)C(C)C. The van der Waals surface area contributed by atoms with Crippen LogP contribution in [0.2, 0.25) is 0 Å². The van der Waals surface area contributed by atoms with Gasteiger partial charge in [-0.2, -0.15) is 0 Å². The Balaban J connectivity index is 1.17. The molecule has 4 N–H and O–H groups in total. The number of nitrogens with one attached hydrogen (secondary N) is 4. The van der Waals surface area contributed by atoms with Crippen molar-refractivity contribution < 1.29 is 33.4 Å². The van der Waals surface area contributed by atoms with Crippen LogP contribution < -0.4 is 16.0 Å². The fraction of sp³-hybridized carbons (Fsp3) is 0.474. The lowest BCUT2D eigenvalue weighted by Gasteiger charge is -2.29. The van der Waals surface area contributed by atoms with Crippen LogP contribution in [0.1, 0.15) is 69.2 Å². The quantitative estimate of drug-likeness (QED) is 0.225. The molecular formula is C38H49N7O7. The number of aromatic nitrogens is 2. The zero-order valence-electron chi connectivity index (χ0n) is 30.6. The molecule has 14 heteroatoms. The van der Waals surface area contributed by atoms with Crippen LogP contribution in [-0.2, 0) is 19.1 Å². The first-order valence-electron chi connectivity index (χ1n) is 17.7. The van der Waals surface area contributed by atoms with Gasteiger partial charge in [0.2, 0.25) is 11.8 Å². The van der Waals surface area contributed by atoms with Crippen molar-refractivity contribution in [3.63, 3.8) is 0 Å². The molecule has 14 nitrogen and oxygen atoms in total. The molecule has 5 amide bonds. The highest BCUT2D eigenvalue weighted by Crippen LogP contribution is 2.33. The van der Waals surface area contributed by atoms with E-state index in [-0.39, 0.29) is 41.6 Å². The van der Waals surface area contributed by atoms with Gasteiger partial charge in [0.15, 0.2) is 0 Å². The number of methoxy groups -OCH3 is 2. The van der Waals surface area contributed by atoms with E-state index in [9.17, 15) is 24.0 Å². The maximum atomic E-state index is 13.5. The Morgan fingerprint density at radius 1 is 0.769 bits per heavy atom. The Morgan fingerprint density at radius 2 is 1.33 bits per heavy atom. The molecule has 2 aromatic carbocycles. The number of hydrogen-bond donors (Lipinski definition) is 4. The number of carbonyl (C=O) groups excluding carboxylic acids is 5. The molecule has 2 saturated heterocycles. The maximum absolute atomic E-state index is 13.5. The predicted molar refractivity (Wildman–Crippen MR) is 194 cm³/mol. The minimum Gasteiger partial charge on any atom is -0.453 e. The molecule has 3 heterocycles. The van der Waals surface area contributed by atoms with Gasteiger partial charge in [-0.1, -0.05) is 64.1 Å². The van der Waals surface area contributed by atoms with Gasteiger partial charge in [0.05, 0.1) is 26.0 Å². The van der Waals surface area contributed by atoms with Crippen molar-refractivity contribution in [2.45, 2.75) is 71.1 Å². The van der Waals surface area contributed by atoms with Crippen LogP contribution in [0.15, 0.2) is 54.7 Å². The summed E-state index contributed by atoms with van der Waals surface area (Å²) in [5.41, 5.74) is 4.11. The van der Waals surface area contributed by atoms with E-state index in [1.54, 1.807) is 21.9 Å². The van der Waals surface area contributed by atoms with Crippen molar-refractivity contribution in [3.8, 4) is 22.4 Å². The van der Waals surface area contributed by atoms with Crippen molar-refractivity contribution in [2.24, 2.45) is 11.8 Å². The van der Waals surface area contributed by atoms with Crippen molar-refractivity contribution in [1.82, 2.24) is 35.7 Å². The normalized spacial score (nSPS) is 18.2. The highest BCUT2D eigenvalue weighted by Gasteiger charge is 2.38. The predicted octanol–water partition coefficient (Wildman–Crippen LogP) is 4.50. The molecule has 2 fully saturated rings. The summed E-state index contributed by atoms with van der Waals surface area (Å²) >= 11 is 0. The van der Waals surface area contributed by atoms with Crippen LogP contribution in [0, 0.1) is 11.8 Å². The second-order valence-corrected chi connectivity index (χ2v) is 14.0. The fourth-order valence-electron chi connectivity index (χ4n) is 6.74. The topological polar surface area (TPSA) is 175 Å². The van der Waals surface area contributed by atoms with Crippen LogP contribution in [0.25, 0.3) is 22.4 Å². The number of aromatic amines is 1. The number of nitrogens with zero attached hydrogens (tertiary/aromatic N) is 3. The summed E-state index contributed by atoms with van der Waals surface area (Å²) in [6, 6.07) is 13.5. The molecule has 2 aliphatic rings. The summed E-state index contributed by atoms with van der Waals surface area (Å²) in [5.74, 6) is -0.104. The van der Waals surface area contributed by atoms with Crippen LogP contribution >= 0.6 is 0 Å². The Hall–Kier alpha value is -5.40. The van der Waals surface area contributed by atoms with Gasteiger partial charge in [0.1, 0.15) is 17.9 Å². The van der Waals surface area contributed by atoms with E-state index in [0.29, 0.717) is 37.4 Å². The molecule has 0 bridgehead atoms. The summed E-state index contributed by atoms with van der Waals surface area (Å²) in [5, 5.41) is 8.33. The lowest BCUT2D eigenvalue weighted by Crippen LogP contribution is -2.51. The molecule has 0 unspecified atom stereocenters. The average Bonchev–Trinajstić information content (AvgIpc) is 3.93. The standard InChI is InChI=1S/C38H49N7O7/c1-22(2)31(42-37(49)51-5)35(47)44-19-17-28(21-44)40-34(46)27-15-11-25(12-16-27)24-9-13-26(14-10-24)29-20-39-33(41-29)30-8-7-18-45(30)36(48)32(23(3)4)43-38(50)52-6/h9-16,20,22-23,28,30-32H,7-8,17-19,21H2,1-6H3,(H,39,41)(H,40,46)(H,42,49)(H,43,50)/t28-,30-,31-,32-/m0/s1. The van der Waals surface area contributed by atoms with E-state index in [4.69, 9.17) is 9.72 Å². The summed E-state index contributed by atoms with van der Waals surface area (Å²) in [7, 11) is 2.54. The molecule has 52 heavy (non-hydrogen) atoms. The van der Waals surface area contributed by atoms with E-state index in [1.165, 1.54) is 14.2 Å². The van der Waals surface area contributed by atoms with Gasteiger partial charge in [-0.25, -0.2) is 14.6 Å². The van der Waals surface area contributed by atoms with Gasteiger partial charge in [-0.05, 0) is 54.4 Å². The second-order valence-electron chi connectivity index (χ2n) is 14.0. The Morgan fingerprint density at radius 3 is 1.90 bits per heavy atom. The highest BCUT2D eigenvalue weighted by atomic mass is 16.5. The number of rotatable bonds is 11. The van der Waals surface area contributed by atoms with Crippen LogP contribution in [0.4, 0.5) is 9.59 Å². The number of imidazole rings is 1. The molecule has 3 aromatic rings. The largest absolute Gasteiger partial charge is 0.453 e. The third-order valence-electron chi connectivity index (χ3n) is 9.73. The second kappa shape index (κ2) is 16.7. The van der Waals surface area contributed by atoms with Crippen LogP contribution in [0.5, 0.6) is 0 Å². The van der Waals surface area contributed by atoms with E-state index in [1.807, 2.05) is 70.3 Å². The summed E-state index contributed by atoms with van der Waals surface area (Å²) < 4.78 is 9.40. The smallest absolute Gasteiger partial charge is 0.407 e. The number of carbonyl (C=O) groups is 5. The van der Waals surface area contributed by atoms with Crippen molar-refractivity contribution >= 4 is 29.9 Å². The zero-order chi connectivity index (χ0) is 37.5. The van der Waals surface area contributed by atoms with E-state index in [0.717, 1.165) is 35.2 Å². The van der Waals surface area contributed by atoms with Crippen molar-refractivity contribution in [1.29, 1.82) is 0 Å². The van der Waals surface area contributed by atoms with Gasteiger partial charge in [-0.3, -0.25) is 14.4 Å². The van der Waals surface area contributed by atoms with Crippen molar-refractivity contribution in [3.05, 3.63) is 66.1 Å². The molecule has 5 rings (SSSR count). The average molecular weight is 716 g/mol. The monoisotopic (exact) mass is 715 g/mol. The summed E-state index contributed by atoms with van der Waals surface area (Å²) in [6.45, 7) is 8.92. The first kappa shape index (κ1) is 37.8. The number of H-pyrrole nitrogens is 1. The Labute approximate surface area is 304 Å². The van der Waals surface area contributed by atoms with E-state index in [2.05, 4.69) is 25.7 Å². The number of hydrogen-bond acceptors (Lipinski definition) is 8. The molecule has 0 aliphatic carbocycles. The van der Waals surface area contributed by atoms with Crippen molar-refractivity contribution in [2.75, 3.05) is 33.9 Å². The summed E-state index contributed by atoms with van der Waals surface area (Å²) in [6.07, 6.45) is 2.77. The van der Waals surface area contributed by atoms with Gasteiger partial charge in [0.25, 0.3) is 5.91 Å².